The van der Waals surface area contributed by atoms with E-state index in [-0.39, 0.29) is 23.8 Å². The zero-order valence-electron chi connectivity index (χ0n) is 19.0. The number of hydrogen-bond donors (Lipinski definition) is 0. The molecule has 0 spiro atoms. The van der Waals surface area contributed by atoms with Gasteiger partial charge in [0.25, 0.3) is 5.69 Å². The Hall–Kier alpha value is -3.46. The highest BCUT2D eigenvalue weighted by Crippen LogP contribution is 2.25. The molecular weight excluding hydrogens is 426 g/mol. The SMILES string of the molecule is COc1ccc(OC)c(CN2CCN(C(=O)CCCC(=O)c3ccc([N+](=O)[O-])cc3)CC2)c1. The predicted octanol–water partition coefficient (Wildman–Crippen LogP) is 3.31. The summed E-state index contributed by atoms with van der Waals surface area (Å²) in [5.41, 5.74) is 1.42. The van der Waals surface area contributed by atoms with E-state index in [1.807, 2.05) is 23.1 Å². The number of benzene rings is 2. The first kappa shape index (κ1) is 24.2. The third-order valence-electron chi connectivity index (χ3n) is 5.80. The molecule has 1 amide bonds. The number of nitro benzene ring substituents is 1. The summed E-state index contributed by atoms with van der Waals surface area (Å²) in [5, 5.41) is 10.7. The summed E-state index contributed by atoms with van der Waals surface area (Å²) in [5.74, 6) is 1.52. The van der Waals surface area contributed by atoms with Crippen LogP contribution in [0.3, 0.4) is 0 Å². The van der Waals surface area contributed by atoms with Crippen molar-refractivity contribution in [2.24, 2.45) is 0 Å². The Kier molecular flexibility index (Phi) is 8.37. The van der Waals surface area contributed by atoms with E-state index in [1.165, 1.54) is 24.3 Å². The van der Waals surface area contributed by atoms with Gasteiger partial charge in [0.1, 0.15) is 11.5 Å². The fraction of sp³-hybridized carbons (Fsp3) is 0.417. The molecule has 33 heavy (non-hydrogen) atoms. The number of carbonyl (C=O) groups excluding carboxylic acids is 2. The number of rotatable bonds is 10. The van der Waals surface area contributed by atoms with Crippen molar-refractivity contribution in [1.82, 2.24) is 9.80 Å². The van der Waals surface area contributed by atoms with Crippen LogP contribution in [0, 0.1) is 10.1 Å². The topological polar surface area (TPSA) is 102 Å². The summed E-state index contributed by atoms with van der Waals surface area (Å²) >= 11 is 0. The first-order valence-electron chi connectivity index (χ1n) is 10.9. The highest BCUT2D eigenvalue weighted by molar-refractivity contribution is 5.96. The van der Waals surface area contributed by atoms with Crippen LogP contribution in [0.25, 0.3) is 0 Å². The summed E-state index contributed by atoms with van der Waals surface area (Å²) in [6, 6.07) is 11.3. The van der Waals surface area contributed by atoms with E-state index < -0.39 is 4.92 Å². The largest absolute Gasteiger partial charge is 0.497 e. The van der Waals surface area contributed by atoms with E-state index in [9.17, 15) is 19.7 Å². The number of non-ortho nitro benzene ring substituents is 1. The van der Waals surface area contributed by atoms with Gasteiger partial charge in [0.15, 0.2) is 5.78 Å². The molecule has 2 aromatic carbocycles. The van der Waals surface area contributed by atoms with E-state index in [0.29, 0.717) is 38.0 Å². The monoisotopic (exact) mass is 455 g/mol. The second-order valence-corrected chi connectivity index (χ2v) is 7.92. The number of methoxy groups -OCH3 is 2. The third kappa shape index (κ3) is 6.52. The molecule has 1 fully saturated rings. The molecule has 0 unspecified atom stereocenters. The molecular formula is C24H29N3O6. The number of nitro groups is 1. The van der Waals surface area contributed by atoms with Gasteiger partial charge in [0.05, 0.1) is 19.1 Å². The van der Waals surface area contributed by atoms with E-state index in [0.717, 1.165) is 30.2 Å². The third-order valence-corrected chi connectivity index (χ3v) is 5.80. The highest BCUT2D eigenvalue weighted by atomic mass is 16.6. The molecule has 1 aliphatic rings. The summed E-state index contributed by atoms with van der Waals surface area (Å²) in [6.07, 6.45) is 0.997. The molecule has 1 aliphatic heterocycles. The second-order valence-electron chi connectivity index (χ2n) is 7.92. The minimum atomic E-state index is -0.500. The van der Waals surface area contributed by atoms with Gasteiger partial charge in [-0.3, -0.25) is 24.6 Å². The van der Waals surface area contributed by atoms with Crippen LogP contribution in [-0.2, 0) is 11.3 Å². The molecule has 0 saturated carbocycles. The first-order valence-corrected chi connectivity index (χ1v) is 10.9. The molecule has 176 valence electrons. The van der Waals surface area contributed by atoms with Gasteiger partial charge >= 0.3 is 0 Å². The standard InChI is InChI=1S/C24H29N3O6/c1-32-21-10-11-23(33-2)19(16-21)17-25-12-14-26(15-13-25)24(29)5-3-4-22(28)18-6-8-20(9-7-18)27(30)31/h6-11,16H,3-5,12-15,17H2,1-2H3. The van der Waals surface area contributed by atoms with E-state index >= 15 is 0 Å². The number of carbonyl (C=O) groups is 2. The molecule has 9 heteroatoms. The van der Waals surface area contributed by atoms with Crippen LogP contribution < -0.4 is 9.47 Å². The van der Waals surface area contributed by atoms with Gasteiger partial charge in [0, 0.05) is 68.8 Å². The van der Waals surface area contributed by atoms with Gasteiger partial charge in [-0.05, 0) is 36.8 Å². The summed E-state index contributed by atoms with van der Waals surface area (Å²) < 4.78 is 10.8. The zero-order chi connectivity index (χ0) is 23.8. The lowest BCUT2D eigenvalue weighted by atomic mass is 10.0. The van der Waals surface area contributed by atoms with Crippen molar-refractivity contribution >= 4 is 17.4 Å². The molecule has 0 radical (unpaired) electrons. The Morgan fingerprint density at radius 3 is 2.27 bits per heavy atom. The van der Waals surface area contributed by atoms with E-state index in [1.54, 1.807) is 14.2 Å². The highest BCUT2D eigenvalue weighted by Gasteiger charge is 2.22. The van der Waals surface area contributed by atoms with E-state index in [2.05, 4.69) is 4.90 Å². The van der Waals surface area contributed by atoms with Crippen LogP contribution in [0.4, 0.5) is 5.69 Å². The maximum atomic E-state index is 12.6. The van der Waals surface area contributed by atoms with Crippen LogP contribution in [0.2, 0.25) is 0 Å². The van der Waals surface area contributed by atoms with Crippen molar-refractivity contribution in [3.05, 3.63) is 63.7 Å². The minimum Gasteiger partial charge on any atom is -0.497 e. The van der Waals surface area contributed by atoms with Gasteiger partial charge in [-0.25, -0.2) is 0 Å². The summed E-state index contributed by atoms with van der Waals surface area (Å²) in [4.78, 5) is 39.2. The van der Waals surface area contributed by atoms with Crippen LogP contribution in [0.15, 0.2) is 42.5 Å². The normalized spacial score (nSPS) is 14.1. The number of piperazine rings is 1. The molecule has 1 heterocycles. The Balaban J connectivity index is 1.42. The predicted molar refractivity (Wildman–Crippen MR) is 123 cm³/mol. The molecule has 2 aromatic rings. The average Bonchev–Trinajstić information content (AvgIpc) is 2.84. The Morgan fingerprint density at radius 1 is 0.970 bits per heavy atom. The number of ether oxygens (including phenoxy) is 2. The van der Waals surface area contributed by atoms with Crippen molar-refractivity contribution in [3.63, 3.8) is 0 Å². The molecule has 0 N–H and O–H groups in total. The number of hydrogen-bond acceptors (Lipinski definition) is 7. The Morgan fingerprint density at radius 2 is 1.67 bits per heavy atom. The molecule has 1 saturated heterocycles. The zero-order valence-corrected chi connectivity index (χ0v) is 19.0. The number of ketones is 1. The van der Waals surface area contributed by atoms with Gasteiger partial charge in [-0.2, -0.15) is 0 Å². The van der Waals surface area contributed by atoms with Gasteiger partial charge < -0.3 is 14.4 Å². The number of amides is 1. The second kappa shape index (κ2) is 11.4. The molecule has 9 nitrogen and oxygen atoms in total. The number of nitrogens with zero attached hydrogens (tertiary/aromatic N) is 3. The fourth-order valence-electron chi connectivity index (χ4n) is 3.87. The smallest absolute Gasteiger partial charge is 0.269 e. The quantitative estimate of drug-likeness (QED) is 0.308. The Bertz CT molecular complexity index is 984. The van der Waals surface area contributed by atoms with Gasteiger partial charge in [0.2, 0.25) is 5.91 Å². The van der Waals surface area contributed by atoms with Gasteiger partial charge in [-0.15, -0.1) is 0 Å². The van der Waals surface area contributed by atoms with Crippen molar-refractivity contribution in [2.75, 3.05) is 40.4 Å². The van der Waals surface area contributed by atoms with Crippen molar-refractivity contribution in [3.8, 4) is 11.5 Å². The molecule has 0 bridgehead atoms. The Labute approximate surface area is 193 Å². The van der Waals surface area contributed by atoms with Crippen LogP contribution in [0.5, 0.6) is 11.5 Å². The summed E-state index contributed by atoms with van der Waals surface area (Å²) in [6.45, 7) is 3.51. The lowest BCUT2D eigenvalue weighted by Crippen LogP contribution is -2.48. The lowest BCUT2D eigenvalue weighted by Gasteiger charge is -2.35. The average molecular weight is 456 g/mol. The van der Waals surface area contributed by atoms with Gasteiger partial charge in [-0.1, -0.05) is 0 Å². The minimum absolute atomic E-state index is 0.0464. The fourth-order valence-corrected chi connectivity index (χ4v) is 3.87. The molecule has 3 rings (SSSR count). The maximum Gasteiger partial charge on any atom is 0.269 e. The molecule has 0 atom stereocenters. The van der Waals surface area contributed by atoms with Crippen LogP contribution >= 0.6 is 0 Å². The van der Waals surface area contributed by atoms with Crippen LogP contribution in [-0.4, -0.2) is 66.8 Å². The number of Topliss-reactive ketones (excluding diaryl/α,β-unsaturated/α-hetero) is 1. The molecule has 0 aromatic heterocycles. The van der Waals surface area contributed by atoms with Crippen LogP contribution in [0.1, 0.15) is 35.2 Å². The van der Waals surface area contributed by atoms with Crippen molar-refractivity contribution in [2.45, 2.75) is 25.8 Å². The summed E-state index contributed by atoms with van der Waals surface area (Å²) in [7, 11) is 3.28. The first-order chi connectivity index (χ1) is 15.9. The lowest BCUT2D eigenvalue weighted by molar-refractivity contribution is -0.384. The maximum absolute atomic E-state index is 12.6. The van der Waals surface area contributed by atoms with E-state index in [4.69, 9.17) is 9.47 Å². The van der Waals surface area contributed by atoms with Crippen molar-refractivity contribution < 1.29 is 24.0 Å². The molecule has 0 aliphatic carbocycles. The van der Waals surface area contributed by atoms with Crippen molar-refractivity contribution in [1.29, 1.82) is 0 Å².